The summed E-state index contributed by atoms with van der Waals surface area (Å²) in [6.45, 7) is 0. The van der Waals surface area contributed by atoms with Gasteiger partial charge in [-0.15, -0.1) is 17.5 Å². The molecule has 1 aromatic carbocycles. The summed E-state index contributed by atoms with van der Waals surface area (Å²) in [5.41, 5.74) is 9.70. The van der Waals surface area contributed by atoms with E-state index < -0.39 is 16.4 Å². The third-order valence-corrected chi connectivity index (χ3v) is 1.55. The molecule has 0 heterocycles. The van der Waals surface area contributed by atoms with Gasteiger partial charge in [-0.3, -0.25) is 10.1 Å². The van der Waals surface area contributed by atoms with Gasteiger partial charge >= 0.3 is 5.69 Å². The van der Waals surface area contributed by atoms with Crippen molar-refractivity contribution in [3.8, 4) is 0 Å². The van der Waals surface area contributed by atoms with Gasteiger partial charge in [0.25, 0.3) is 0 Å². The monoisotopic (exact) mass is 261 g/mol. The number of halogens is 2. The van der Waals surface area contributed by atoms with Crippen molar-refractivity contribution in [2.75, 3.05) is 0 Å². The highest BCUT2D eigenvalue weighted by Gasteiger charge is 2.13. The van der Waals surface area contributed by atoms with Crippen molar-refractivity contribution in [3.05, 3.63) is 39.7 Å². The number of nitrogens with zero attached hydrogens (tertiary/aromatic N) is 3. The third-order valence-electron chi connectivity index (χ3n) is 1.55. The molecule has 0 aliphatic rings. The molecular weight excluding hydrogens is 253 g/mol. The fourth-order valence-electron chi connectivity index (χ4n) is 0.912. The summed E-state index contributed by atoms with van der Waals surface area (Å²) in [5.74, 6) is -1.16. The van der Waals surface area contributed by atoms with Crippen molar-refractivity contribution in [2.24, 2.45) is 21.7 Å². The lowest BCUT2D eigenvalue weighted by Gasteiger charge is -1.95. The fraction of sp³-hybridized carbons (Fsp3) is 0. The van der Waals surface area contributed by atoms with Crippen LogP contribution in [0.15, 0.2) is 28.4 Å². The van der Waals surface area contributed by atoms with Crippen LogP contribution in [-0.4, -0.2) is 17.1 Å². The third kappa shape index (κ3) is 4.43. The zero-order valence-corrected chi connectivity index (χ0v) is 9.22. The second kappa shape index (κ2) is 6.38. The SMILES string of the molecule is Cl.NC(N)=N/N=C/c1ccc(F)c([N+](=O)[O-])c1. The number of hydrogen-bond donors (Lipinski definition) is 2. The molecule has 0 radical (unpaired) electrons. The topological polar surface area (TPSA) is 120 Å². The van der Waals surface area contributed by atoms with E-state index in [1.165, 1.54) is 12.3 Å². The molecule has 0 unspecified atom stereocenters. The van der Waals surface area contributed by atoms with E-state index in [1.807, 2.05) is 0 Å². The van der Waals surface area contributed by atoms with E-state index in [4.69, 9.17) is 11.5 Å². The Kier molecular flexibility index (Phi) is 5.55. The molecule has 0 spiro atoms. The van der Waals surface area contributed by atoms with Gasteiger partial charge in [0, 0.05) is 11.6 Å². The Labute approximate surface area is 102 Å². The predicted molar refractivity (Wildman–Crippen MR) is 63.7 cm³/mol. The number of nitrogens with two attached hydrogens (primary N) is 2. The van der Waals surface area contributed by atoms with Crippen molar-refractivity contribution in [3.63, 3.8) is 0 Å². The number of nitro groups is 1. The first kappa shape index (κ1) is 14.8. The summed E-state index contributed by atoms with van der Waals surface area (Å²) in [6, 6.07) is 3.31. The molecule has 0 atom stereocenters. The molecule has 7 nitrogen and oxygen atoms in total. The van der Waals surface area contributed by atoms with E-state index in [1.54, 1.807) is 0 Å². The number of rotatable bonds is 3. The van der Waals surface area contributed by atoms with Gasteiger partial charge in [0.05, 0.1) is 11.1 Å². The maximum atomic E-state index is 12.9. The Morgan fingerprint density at radius 3 is 2.65 bits per heavy atom. The molecule has 1 rings (SSSR count). The molecule has 0 bridgehead atoms. The predicted octanol–water partition coefficient (Wildman–Crippen LogP) is 0.763. The van der Waals surface area contributed by atoms with Crippen molar-refractivity contribution in [1.82, 2.24) is 0 Å². The van der Waals surface area contributed by atoms with Gasteiger partial charge < -0.3 is 11.5 Å². The van der Waals surface area contributed by atoms with Crippen LogP contribution in [0.2, 0.25) is 0 Å². The average molecular weight is 262 g/mol. The molecule has 0 fully saturated rings. The molecule has 0 aliphatic carbocycles. The fourth-order valence-corrected chi connectivity index (χ4v) is 0.912. The first-order chi connectivity index (χ1) is 7.50. The first-order valence-corrected chi connectivity index (χ1v) is 4.06. The summed E-state index contributed by atoms with van der Waals surface area (Å²) in [4.78, 5) is 9.58. The zero-order chi connectivity index (χ0) is 12.1. The first-order valence-electron chi connectivity index (χ1n) is 4.06. The Balaban J connectivity index is 0.00000256. The molecule has 1 aromatic rings. The van der Waals surface area contributed by atoms with E-state index in [-0.39, 0.29) is 18.4 Å². The van der Waals surface area contributed by atoms with Crippen LogP contribution in [0.4, 0.5) is 10.1 Å². The van der Waals surface area contributed by atoms with Gasteiger partial charge in [0.1, 0.15) is 0 Å². The largest absolute Gasteiger partial charge is 0.369 e. The summed E-state index contributed by atoms with van der Waals surface area (Å²) in [7, 11) is 0. The van der Waals surface area contributed by atoms with Crippen LogP contribution >= 0.6 is 12.4 Å². The maximum Gasteiger partial charge on any atom is 0.305 e. The molecule has 4 N–H and O–H groups in total. The van der Waals surface area contributed by atoms with Crippen molar-refractivity contribution in [2.45, 2.75) is 0 Å². The van der Waals surface area contributed by atoms with E-state index in [2.05, 4.69) is 10.2 Å². The second-order valence-corrected chi connectivity index (χ2v) is 2.74. The number of hydrogen-bond acceptors (Lipinski definition) is 4. The highest BCUT2D eigenvalue weighted by molar-refractivity contribution is 5.85. The van der Waals surface area contributed by atoms with Crippen molar-refractivity contribution < 1.29 is 9.31 Å². The molecule has 0 saturated heterocycles. The van der Waals surface area contributed by atoms with Crippen LogP contribution < -0.4 is 11.5 Å². The Bertz CT molecular complexity index is 473. The highest BCUT2D eigenvalue weighted by Crippen LogP contribution is 2.17. The van der Waals surface area contributed by atoms with Gasteiger partial charge in [-0.1, -0.05) is 0 Å². The molecule has 0 amide bonds. The average Bonchev–Trinajstić information content (AvgIpc) is 2.19. The van der Waals surface area contributed by atoms with Crippen LogP contribution in [0.1, 0.15) is 5.56 Å². The Morgan fingerprint density at radius 2 is 2.12 bits per heavy atom. The molecule has 0 aromatic heterocycles. The molecule has 17 heavy (non-hydrogen) atoms. The van der Waals surface area contributed by atoms with Gasteiger partial charge in [0.2, 0.25) is 11.8 Å². The maximum absolute atomic E-state index is 12.9. The molecule has 0 aliphatic heterocycles. The van der Waals surface area contributed by atoms with E-state index in [0.29, 0.717) is 5.56 Å². The van der Waals surface area contributed by atoms with Gasteiger partial charge in [-0.05, 0) is 12.1 Å². The summed E-state index contributed by atoms with van der Waals surface area (Å²) in [5, 5.41) is 17.1. The standard InChI is InChI=1S/C8H8FN5O2.ClH/c9-6-2-1-5(3-7(6)14(15)16)4-12-13-8(10)11;/h1-4H,(H4,10,11,13);1H/b12-4+;. The molecule has 92 valence electrons. The Hall–Kier alpha value is -2.22. The van der Waals surface area contributed by atoms with Crippen LogP contribution in [0.5, 0.6) is 0 Å². The van der Waals surface area contributed by atoms with Gasteiger partial charge in [0.15, 0.2) is 0 Å². The van der Waals surface area contributed by atoms with E-state index >= 15 is 0 Å². The molecule has 0 saturated carbocycles. The van der Waals surface area contributed by atoms with Crippen LogP contribution in [0.3, 0.4) is 0 Å². The normalized spacial score (nSPS) is 9.71. The second-order valence-electron chi connectivity index (χ2n) is 2.74. The van der Waals surface area contributed by atoms with Crippen LogP contribution in [0.25, 0.3) is 0 Å². The van der Waals surface area contributed by atoms with Crippen LogP contribution in [-0.2, 0) is 0 Å². The minimum absolute atomic E-state index is 0. The lowest BCUT2D eigenvalue weighted by molar-refractivity contribution is -0.387. The van der Waals surface area contributed by atoms with Crippen LogP contribution in [0, 0.1) is 15.9 Å². The minimum atomic E-state index is -0.913. The summed E-state index contributed by atoms with van der Waals surface area (Å²) >= 11 is 0. The zero-order valence-electron chi connectivity index (χ0n) is 8.41. The van der Waals surface area contributed by atoms with E-state index in [0.717, 1.165) is 12.1 Å². The lowest BCUT2D eigenvalue weighted by Crippen LogP contribution is -2.21. The molecule has 9 heteroatoms. The smallest absolute Gasteiger partial charge is 0.305 e. The lowest BCUT2D eigenvalue weighted by atomic mass is 10.2. The number of nitro benzene ring substituents is 1. The van der Waals surface area contributed by atoms with Crippen molar-refractivity contribution >= 4 is 30.3 Å². The quantitative estimate of drug-likeness (QED) is 0.361. The number of guanidine groups is 1. The summed E-state index contributed by atoms with van der Waals surface area (Å²) < 4.78 is 12.9. The molecular formula is C8H9ClFN5O2. The van der Waals surface area contributed by atoms with E-state index in [9.17, 15) is 14.5 Å². The minimum Gasteiger partial charge on any atom is -0.369 e. The number of benzene rings is 1. The summed E-state index contributed by atoms with van der Waals surface area (Å²) in [6.07, 6.45) is 1.17. The van der Waals surface area contributed by atoms with Crippen molar-refractivity contribution in [1.29, 1.82) is 0 Å². The van der Waals surface area contributed by atoms with Gasteiger partial charge in [-0.25, -0.2) is 0 Å². The Morgan fingerprint density at radius 1 is 1.47 bits per heavy atom. The highest BCUT2D eigenvalue weighted by atomic mass is 35.5. The van der Waals surface area contributed by atoms with Gasteiger partial charge in [-0.2, -0.15) is 9.49 Å².